The van der Waals surface area contributed by atoms with Crippen molar-refractivity contribution in [3.05, 3.63) is 88.2 Å². The third-order valence-corrected chi connectivity index (χ3v) is 7.72. The summed E-state index contributed by atoms with van der Waals surface area (Å²) in [6.45, 7) is 2.15. The Morgan fingerprint density at radius 3 is 1.79 bits per heavy atom. The van der Waals surface area contributed by atoms with Gasteiger partial charge in [0.2, 0.25) is 0 Å². The van der Waals surface area contributed by atoms with Crippen LogP contribution in [0.2, 0.25) is 0 Å². The van der Waals surface area contributed by atoms with Gasteiger partial charge >= 0.3 is 12.3 Å². The Labute approximate surface area is 236 Å². The highest BCUT2D eigenvalue weighted by atomic mass is 19.4. The summed E-state index contributed by atoms with van der Waals surface area (Å²) in [4.78, 5) is 0. The Bertz CT molecular complexity index is 1360. The molecule has 11 heteroatoms. The van der Waals surface area contributed by atoms with Crippen LogP contribution in [-0.2, 0) is 12.3 Å². The molecule has 0 saturated heterocycles. The van der Waals surface area contributed by atoms with E-state index in [2.05, 4.69) is 11.7 Å². The summed E-state index contributed by atoms with van der Waals surface area (Å²) in [6, 6.07) is 4.75. The van der Waals surface area contributed by atoms with Crippen molar-refractivity contribution in [3.8, 4) is 16.9 Å². The molecule has 1 nitrogen and oxygen atoms in total. The summed E-state index contributed by atoms with van der Waals surface area (Å²) in [5.41, 5.74) is -4.22. The van der Waals surface area contributed by atoms with Crippen molar-refractivity contribution in [2.75, 3.05) is 0 Å². The first-order chi connectivity index (χ1) is 19.7. The van der Waals surface area contributed by atoms with Crippen molar-refractivity contribution in [3.63, 3.8) is 0 Å². The van der Waals surface area contributed by atoms with E-state index >= 15 is 4.39 Å². The van der Waals surface area contributed by atoms with Gasteiger partial charge in [-0.25, -0.2) is 22.0 Å². The fourth-order valence-corrected chi connectivity index (χ4v) is 5.57. The Morgan fingerprint density at radius 2 is 1.26 bits per heavy atom. The third-order valence-electron chi connectivity index (χ3n) is 7.72. The van der Waals surface area contributed by atoms with E-state index in [1.165, 1.54) is 31.4 Å². The van der Waals surface area contributed by atoms with Gasteiger partial charge < -0.3 is 4.74 Å². The quantitative estimate of drug-likeness (QED) is 0.174. The van der Waals surface area contributed by atoms with Crippen LogP contribution in [-0.4, -0.2) is 0 Å². The summed E-state index contributed by atoms with van der Waals surface area (Å²) in [5.74, 6) is -9.74. The molecule has 0 aromatic heterocycles. The Morgan fingerprint density at radius 1 is 0.690 bits per heavy atom. The van der Waals surface area contributed by atoms with Gasteiger partial charge in [0.15, 0.2) is 0 Å². The van der Waals surface area contributed by atoms with Crippen LogP contribution in [0.25, 0.3) is 11.1 Å². The molecule has 1 fully saturated rings. The fourth-order valence-electron chi connectivity index (χ4n) is 5.57. The zero-order valence-corrected chi connectivity index (χ0v) is 22.5. The van der Waals surface area contributed by atoms with Crippen molar-refractivity contribution >= 4 is 0 Å². The number of rotatable bonds is 9. The largest absolute Gasteiger partial charge is 0.432 e. The van der Waals surface area contributed by atoms with Crippen molar-refractivity contribution < 1.29 is 48.6 Å². The number of halogens is 10. The predicted octanol–water partition coefficient (Wildman–Crippen LogP) is 11.1. The normalized spacial score (nSPS) is 17.9. The van der Waals surface area contributed by atoms with E-state index < -0.39 is 58.2 Å². The number of hydrogen-bond donors (Lipinski definition) is 0. The molecule has 42 heavy (non-hydrogen) atoms. The van der Waals surface area contributed by atoms with Gasteiger partial charge in [-0.2, -0.15) is 22.0 Å². The summed E-state index contributed by atoms with van der Waals surface area (Å²) >= 11 is 0. The Balaban J connectivity index is 1.52. The van der Waals surface area contributed by atoms with E-state index in [-0.39, 0.29) is 29.2 Å². The van der Waals surface area contributed by atoms with Crippen molar-refractivity contribution in [2.45, 2.75) is 76.5 Å². The van der Waals surface area contributed by atoms with E-state index in [0.717, 1.165) is 37.7 Å². The maximum atomic E-state index is 15.1. The summed E-state index contributed by atoms with van der Waals surface area (Å²) in [5, 5.41) is 0. The SMILES string of the molecule is CCCCCC1CCC(c2ccc(-c3cc(F)c(C(F)(F)Oc4cc(F)c(C(F)(F)F)c(F)c4)c(F)c3)c(F)c2)CC1. The monoisotopic (exact) mass is 606 g/mol. The number of ether oxygens (including phenoxy) is 1. The van der Waals surface area contributed by atoms with Crippen LogP contribution in [0, 0.1) is 35.0 Å². The first kappa shape index (κ1) is 31.7. The van der Waals surface area contributed by atoms with E-state index in [4.69, 9.17) is 0 Å². The van der Waals surface area contributed by atoms with Crippen LogP contribution in [0.4, 0.5) is 43.9 Å². The Kier molecular flexibility index (Phi) is 9.47. The average molecular weight is 607 g/mol. The Hall–Kier alpha value is -3.24. The lowest BCUT2D eigenvalue weighted by atomic mass is 9.77. The van der Waals surface area contributed by atoms with Gasteiger partial charge in [-0.3, -0.25) is 0 Å². The number of hydrogen-bond acceptors (Lipinski definition) is 1. The molecular weight excluding hydrogens is 578 g/mol. The standard InChI is InChI=1S/C31H28F10O/c1-2-3-4-5-17-6-8-18(9-7-17)19-10-11-22(23(32)12-19)20-13-24(33)29(25(34)14-20)31(40,41)42-21-15-26(35)28(27(36)16-21)30(37,38)39/h10-18H,2-9H2,1H3. The number of benzene rings is 3. The second-order valence-electron chi connectivity index (χ2n) is 10.6. The van der Waals surface area contributed by atoms with E-state index in [1.807, 2.05) is 0 Å². The second-order valence-corrected chi connectivity index (χ2v) is 10.6. The zero-order valence-electron chi connectivity index (χ0n) is 22.5. The molecule has 0 heterocycles. The van der Waals surface area contributed by atoms with Crippen LogP contribution in [0.1, 0.15) is 80.9 Å². The van der Waals surface area contributed by atoms with Gasteiger partial charge in [0.25, 0.3) is 0 Å². The van der Waals surface area contributed by atoms with Gasteiger partial charge in [0, 0.05) is 17.7 Å². The first-order valence-corrected chi connectivity index (χ1v) is 13.6. The van der Waals surface area contributed by atoms with Gasteiger partial charge in [0.05, 0.1) is 0 Å². The fraction of sp³-hybridized carbons (Fsp3) is 0.419. The molecule has 3 aromatic carbocycles. The van der Waals surface area contributed by atoms with Crippen LogP contribution in [0.3, 0.4) is 0 Å². The second kappa shape index (κ2) is 12.6. The molecule has 0 N–H and O–H groups in total. The lowest BCUT2D eigenvalue weighted by Gasteiger charge is -2.29. The van der Waals surface area contributed by atoms with Crippen LogP contribution in [0.15, 0.2) is 42.5 Å². The van der Waals surface area contributed by atoms with E-state index in [9.17, 15) is 39.5 Å². The van der Waals surface area contributed by atoms with Gasteiger partial charge in [0.1, 0.15) is 46.0 Å². The van der Waals surface area contributed by atoms with Crippen molar-refractivity contribution in [1.82, 2.24) is 0 Å². The minimum absolute atomic E-state index is 0.127. The average Bonchev–Trinajstić information content (AvgIpc) is 2.87. The number of unbranched alkanes of at least 4 members (excludes halogenated alkanes) is 2. The van der Waals surface area contributed by atoms with Crippen LogP contribution < -0.4 is 4.74 Å². The summed E-state index contributed by atoms with van der Waals surface area (Å²) < 4.78 is 144. The van der Waals surface area contributed by atoms with Gasteiger partial charge in [-0.05, 0) is 66.8 Å². The third kappa shape index (κ3) is 7.03. The molecule has 0 amide bonds. The minimum atomic E-state index is -5.47. The molecule has 0 unspecified atom stereocenters. The molecule has 228 valence electrons. The van der Waals surface area contributed by atoms with Crippen LogP contribution >= 0.6 is 0 Å². The molecule has 1 aliphatic rings. The molecule has 3 aromatic rings. The molecule has 0 atom stereocenters. The first-order valence-electron chi connectivity index (χ1n) is 13.6. The predicted molar refractivity (Wildman–Crippen MR) is 136 cm³/mol. The van der Waals surface area contributed by atoms with Crippen molar-refractivity contribution in [2.24, 2.45) is 5.92 Å². The molecule has 0 bridgehead atoms. The maximum absolute atomic E-state index is 15.1. The topological polar surface area (TPSA) is 9.23 Å². The molecule has 0 radical (unpaired) electrons. The highest BCUT2D eigenvalue weighted by molar-refractivity contribution is 5.65. The molecular formula is C31H28F10O. The lowest BCUT2D eigenvalue weighted by molar-refractivity contribution is -0.189. The van der Waals surface area contributed by atoms with E-state index in [1.54, 1.807) is 6.07 Å². The molecule has 0 spiro atoms. The van der Waals surface area contributed by atoms with Gasteiger partial charge in [-0.15, -0.1) is 0 Å². The summed E-state index contributed by atoms with van der Waals surface area (Å²) in [6.07, 6.45) is -1.85. The van der Waals surface area contributed by atoms with E-state index in [0.29, 0.717) is 18.1 Å². The van der Waals surface area contributed by atoms with Crippen molar-refractivity contribution in [1.29, 1.82) is 0 Å². The molecule has 1 saturated carbocycles. The molecule has 0 aliphatic heterocycles. The smallest absolute Gasteiger partial charge is 0.429 e. The molecule has 1 aliphatic carbocycles. The summed E-state index contributed by atoms with van der Waals surface area (Å²) in [7, 11) is 0. The minimum Gasteiger partial charge on any atom is -0.429 e. The lowest BCUT2D eigenvalue weighted by Crippen LogP contribution is -2.25. The highest BCUT2D eigenvalue weighted by Crippen LogP contribution is 2.42. The zero-order chi connectivity index (χ0) is 30.8. The maximum Gasteiger partial charge on any atom is 0.432 e. The van der Waals surface area contributed by atoms with Gasteiger partial charge in [-0.1, -0.05) is 44.7 Å². The van der Waals surface area contributed by atoms with Crippen LogP contribution in [0.5, 0.6) is 5.75 Å². The number of alkyl halides is 5. The molecule has 4 rings (SSSR count). The highest BCUT2D eigenvalue weighted by Gasteiger charge is 2.43.